The molecule has 0 fully saturated rings. The fourth-order valence-electron chi connectivity index (χ4n) is 1.74. The fraction of sp³-hybridized carbons (Fsp3) is 0.308. The third kappa shape index (κ3) is 2.87. The highest BCUT2D eigenvalue weighted by atomic mass is 35.5. The number of aliphatic hydroxyl groups excluding tert-OH is 1. The molecule has 1 unspecified atom stereocenters. The molecule has 1 aromatic heterocycles. The summed E-state index contributed by atoms with van der Waals surface area (Å²) in [5.74, 6) is 0. The monoisotopic (exact) mass is 250 g/mol. The van der Waals surface area contributed by atoms with Gasteiger partial charge in [-0.1, -0.05) is 41.9 Å². The summed E-state index contributed by atoms with van der Waals surface area (Å²) in [6.07, 6.45) is 1.80. The van der Waals surface area contributed by atoms with Gasteiger partial charge in [0.2, 0.25) is 0 Å². The zero-order chi connectivity index (χ0) is 12.3. The minimum absolute atomic E-state index is 0.460. The van der Waals surface area contributed by atoms with E-state index in [0.29, 0.717) is 18.0 Å². The Morgan fingerprint density at radius 2 is 2.06 bits per heavy atom. The molecule has 2 rings (SSSR count). The second kappa shape index (κ2) is 5.34. The molecule has 0 bridgehead atoms. The van der Waals surface area contributed by atoms with Crippen LogP contribution in [0, 0.1) is 6.92 Å². The number of aliphatic hydroxyl groups is 1. The van der Waals surface area contributed by atoms with Crippen molar-refractivity contribution in [3.8, 4) is 0 Å². The highest BCUT2D eigenvalue weighted by molar-refractivity contribution is 6.31. The summed E-state index contributed by atoms with van der Waals surface area (Å²) in [6.45, 7) is 2.58. The third-order valence-electron chi connectivity index (χ3n) is 2.84. The topological polar surface area (TPSA) is 38.0 Å². The van der Waals surface area contributed by atoms with Gasteiger partial charge in [-0.2, -0.15) is 5.10 Å². The normalized spacial score (nSPS) is 12.6. The largest absolute Gasteiger partial charge is 0.388 e. The van der Waals surface area contributed by atoms with Crippen LogP contribution in [0.5, 0.6) is 0 Å². The molecule has 0 aliphatic carbocycles. The lowest BCUT2D eigenvalue weighted by Gasteiger charge is -2.11. The number of hydrogen-bond acceptors (Lipinski definition) is 2. The first-order valence-electron chi connectivity index (χ1n) is 5.59. The van der Waals surface area contributed by atoms with Crippen LogP contribution in [-0.4, -0.2) is 14.9 Å². The Labute approximate surface area is 106 Å². The predicted molar refractivity (Wildman–Crippen MR) is 68.0 cm³/mol. The lowest BCUT2D eigenvalue weighted by Crippen LogP contribution is -2.07. The number of halogens is 1. The van der Waals surface area contributed by atoms with Gasteiger partial charge < -0.3 is 5.11 Å². The Morgan fingerprint density at radius 3 is 2.65 bits per heavy atom. The van der Waals surface area contributed by atoms with Crippen molar-refractivity contribution in [2.45, 2.75) is 26.0 Å². The Kier molecular flexibility index (Phi) is 3.82. The molecular weight excluding hydrogens is 236 g/mol. The van der Waals surface area contributed by atoms with Gasteiger partial charge in [-0.05, 0) is 18.9 Å². The molecular formula is C13H15ClN2O. The molecule has 1 atom stereocenters. The molecule has 2 aromatic rings. The molecule has 1 aromatic carbocycles. The van der Waals surface area contributed by atoms with Gasteiger partial charge in [0.05, 0.1) is 23.0 Å². The molecule has 0 saturated heterocycles. The van der Waals surface area contributed by atoms with E-state index in [4.69, 9.17) is 11.6 Å². The van der Waals surface area contributed by atoms with E-state index >= 15 is 0 Å². The van der Waals surface area contributed by atoms with E-state index in [1.165, 1.54) is 0 Å². The molecule has 0 amide bonds. The van der Waals surface area contributed by atoms with Crippen LogP contribution in [0.25, 0.3) is 0 Å². The number of benzene rings is 1. The van der Waals surface area contributed by atoms with Crippen LogP contribution in [0.3, 0.4) is 0 Å². The standard InChI is InChI=1S/C13H15ClN2O/c1-10-12(14)9-15-16(10)8-7-13(17)11-5-3-2-4-6-11/h2-6,9,13,17H,7-8H2,1H3. The molecule has 3 nitrogen and oxygen atoms in total. The first kappa shape index (κ1) is 12.1. The second-order valence-corrected chi connectivity index (χ2v) is 4.42. The van der Waals surface area contributed by atoms with Gasteiger partial charge in [-0.15, -0.1) is 0 Å². The molecule has 17 heavy (non-hydrogen) atoms. The van der Waals surface area contributed by atoms with E-state index in [1.54, 1.807) is 6.20 Å². The van der Waals surface area contributed by atoms with E-state index in [0.717, 1.165) is 11.3 Å². The Bertz CT molecular complexity index is 481. The average molecular weight is 251 g/mol. The van der Waals surface area contributed by atoms with Crippen molar-refractivity contribution in [1.82, 2.24) is 9.78 Å². The lowest BCUT2D eigenvalue weighted by molar-refractivity contribution is 0.159. The second-order valence-electron chi connectivity index (χ2n) is 4.02. The Morgan fingerprint density at radius 1 is 1.35 bits per heavy atom. The van der Waals surface area contributed by atoms with Crippen LogP contribution in [0.2, 0.25) is 5.02 Å². The van der Waals surface area contributed by atoms with Crippen LogP contribution in [0.15, 0.2) is 36.5 Å². The molecule has 1 heterocycles. The van der Waals surface area contributed by atoms with Crippen LogP contribution in [0.4, 0.5) is 0 Å². The predicted octanol–water partition coefficient (Wildman–Crippen LogP) is 2.97. The maximum absolute atomic E-state index is 10.0. The number of rotatable bonds is 4. The maximum atomic E-state index is 10.0. The zero-order valence-electron chi connectivity index (χ0n) is 9.68. The number of aromatic nitrogens is 2. The minimum Gasteiger partial charge on any atom is -0.388 e. The lowest BCUT2D eigenvalue weighted by atomic mass is 10.1. The number of hydrogen-bond donors (Lipinski definition) is 1. The van der Waals surface area contributed by atoms with Gasteiger partial charge >= 0.3 is 0 Å². The highest BCUT2D eigenvalue weighted by Crippen LogP contribution is 2.19. The summed E-state index contributed by atoms with van der Waals surface area (Å²) in [4.78, 5) is 0. The summed E-state index contributed by atoms with van der Waals surface area (Å²) >= 11 is 5.92. The van der Waals surface area contributed by atoms with E-state index < -0.39 is 6.10 Å². The van der Waals surface area contributed by atoms with Gasteiger partial charge in [0, 0.05) is 6.54 Å². The van der Waals surface area contributed by atoms with Crippen molar-refractivity contribution in [3.05, 3.63) is 52.8 Å². The van der Waals surface area contributed by atoms with Crippen molar-refractivity contribution < 1.29 is 5.11 Å². The highest BCUT2D eigenvalue weighted by Gasteiger charge is 2.09. The fourth-order valence-corrected chi connectivity index (χ4v) is 1.88. The van der Waals surface area contributed by atoms with Crippen LogP contribution in [0.1, 0.15) is 23.8 Å². The summed E-state index contributed by atoms with van der Waals surface area (Å²) in [5, 5.41) is 14.8. The summed E-state index contributed by atoms with van der Waals surface area (Å²) in [6, 6.07) is 9.64. The van der Waals surface area contributed by atoms with Gasteiger partial charge in [0.1, 0.15) is 0 Å². The quantitative estimate of drug-likeness (QED) is 0.906. The number of nitrogens with zero attached hydrogens (tertiary/aromatic N) is 2. The van der Waals surface area contributed by atoms with E-state index in [1.807, 2.05) is 41.9 Å². The van der Waals surface area contributed by atoms with Crippen molar-refractivity contribution in [1.29, 1.82) is 0 Å². The van der Waals surface area contributed by atoms with Crippen molar-refractivity contribution in [2.24, 2.45) is 0 Å². The van der Waals surface area contributed by atoms with E-state index in [9.17, 15) is 5.11 Å². The molecule has 0 aliphatic heterocycles. The van der Waals surface area contributed by atoms with Crippen molar-refractivity contribution in [2.75, 3.05) is 0 Å². The van der Waals surface area contributed by atoms with Crippen molar-refractivity contribution >= 4 is 11.6 Å². The average Bonchev–Trinajstić information content (AvgIpc) is 2.68. The Balaban J connectivity index is 1.97. The molecule has 0 saturated carbocycles. The van der Waals surface area contributed by atoms with Gasteiger partial charge in [0.15, 0.2) is 0 Å². The summed E-state index contributed by atoms with van der Waals surface area (Å²) in [5.41, 5.74) is 1.87. The maximum Gasteiger partial charge on any atom is 0.0814 e. The zero-order valence-corrected chi connectivity index (χ0v) is 10.4. The Hall–Kier alpha value is -1.32. The molecule has 4 heteroatoms. The van der Waals surface area contributed by atoms with Crippen molar-refractivity contribution in [3.63, 3.8) is 0 Å². The molecule has 0 spiro atoms. The van der Waals surface area contributed by atoms with Gasteiger partial charge in [-0.3, -0.25) is 4.68 Å². The first-order chi connectivity index (χ1) is 8.18. The minimum atomic E-state index is -0.460. The molecule has 1 N–H and O–H groups in total. The SMILES string of the molecule is Cc1c(Cl)cnn1CCC(O)c1ccccc1. The van der Waals surface area contributed by atoms with Crippen LogP contribution >= 0.6 is 11.6 Å². The van der Waals surface area contributed by atoms with E-state index in [-0.39, 0.29) is 0 Å². The van der Waals surface area contributed by atoms with E-state index in [2.05, 4.69) is 5.10 Å². The third-order valence-corrected chi connectivity index (χ3v) is 3.21. The smallest absolute Gasteiger partial charge is 0.0814 e. The van der Waals surface area contributed by atoms with Gasteiger partial charge in [0.25, 0.3) is 0 Å². The summed E-state index contributed by atoms with van der Waals surface area (Å²) in [7, 11) is 0. The van der Waals surface area contributed by atoms with Gasteiger partial charge in [-0.25, -0.2) is 0 Å². The summed E-state index contributed by atoms with van der Waals surface area (Å²) < 4.78 is 1.81. The molecule has 0 radical (unpaired) electrons. The first-order valence-corrected chi connectivity index (χ1v) is 5.97. The van der Waals surface area contributed by atoms with Crippen LogP contribution in [-0.2, 0) is 6.54 Å². The van der Waals surface area contributed by atoms with Crippen LogP contribution < -0.4 is 0 Å². The number of aryl methyl sites for hydroxylation is 1. The molecule has 90 valence electrons. The molecule has 0 aliphatic rings.